The second kappa shape index (κ2) is 6.73. The molecule has 0 bridgehead atoms. The summed E-state index contributed by atoms with van der Waals surface area (Å²) in [6.45, 7) is 2.01. The number of amides is 2. The monoisotopic (exact) mass is 349 g/mol. The lowest BCUT2D eigenvalue weighted by atomic mass is 10.0. The lowest BCUT2D eigenvalue weighted by molar-refractivity contribution is -0.129. The molecule has 1 saturated carbocycles. The van der Waals surface area contributed by atoms with Crippen molar-refractivity contribution in [2.24, 2.45) is 5.92 Å². The Balaban J connectivity index is 1.61. The first-order valence-corrected chi connectivity index (χ1v) is 8.78. The average Bonchev–Trinajstić information content (AvgIpc) is 3.21. The van der Waals surface area contributed by atoms with Crippen LogP contribution in [0, 0.1) is 5.92 Å². The Morgan fingerprint density at radius 2 is 2.17 bits per heavy atom. The van der Waals surface area contributed by atoms with Crippen LogP contribution in [0.25, 0.3) is 0 Å². The van der Waals surface area contributed by atoms with E-state index >= 15 is 0 Å². The van der Waals surface area contributed by atoms with Crippen molar-refractivity contribution in [3.8, 4) is 0 Å². The molecule has 130 valence electrons. The van der Waals surface area contributed by atoms with Crippen LogP contribution in [0.4, 0.5) is 0 Å². The molecule has 1 saturated heterocycles. The largest absolute Gasteiger partial charge is 0.346 e. The molecule has 24 heavy (non-hydrogen) atoms. The second-order valence-electron chi connectivity index (χ2n) is 7.13. The van der Waals surface area contributed by atoms with Gasteiger partial charge in [-0.1, -0.05) is 23.7 Å². The van der Waals surface area contributed by atoms with Gasteiger partial charge in [0.25, 0.3) is 0 Å². The molecule has 2 fully saturated rings. The maximum Gasteiger partial charge on any atom is 0.226 e. The van der Waals surface area contributed by atoms with Crippen molar-refractivity contribution in [1.82, 2.24) is 15.1 Å². The zero-order valence-electron chi connectivity index (χ0n) is 14.2. The Morgan fingerprint density at radius 1 is 1.42 bits per heavy atom. The molecule has 1 aromatic rings. The highest BCUT2D eigenvalue weighted by atomic mass is 35.5. The number of nitrogens with zero attached hydrogens (tertiary/aromatic N) is 2. The first-order chi connectivity index (χ1) is 11.4. The number of likely N-dealkylation sites (N-methyl/N-ethyl adjacent to an activating group) is 1. The third-order valence-electron chi connectivity index (χ3n) is 4.89. The molecule has 1 aromatic carbocycles. The number of nitrogens with one attached hydrogen (secondary N) is 1. The van der Waals surface area contributed by atoms with Gasteiger partial charge in [0.05, 0.1) is 11.5 Å². The van der Waals surface area contributed by atoms with Crippen LogP contribution in [-0.2, 0) is 15.1 Å². The van der Waals surface area contributed by atoms with Crippen molar-refractivity contribution in [2.45, 2.75) is 24.8 Å². The molecule has 0 spiro atoms. The predicted molar refractivity (Wildman–Crippen MR) is 93.7 cm³/mol. The third kappa shape index (κ3) is 3.73. The molecule has 6 heteroatoms. The van der Waals surface area contributed by atoms with E-state index in [9.17, 15) is 9.59 Å². The highest BCUT2D eigenvalue weighted by Gasteiger charge is 2.47. The summed E-state index contributed by atoms with van der Waals surface area (Å²) in [5.41, 5.74) is 0.763. The number of hydrogen-bond donors (Lipinski definition) is 1. The van der Waals surface area contributed by atoms with E-state index in [-0.39, 0.29) is 23.3 Å². The van der Waals surface area contributed by atoms with Gasteiger partial charge in [-0.15, -0.1) is 0 Å². The fraction of sp³-hybridized carbons (Fsp3) is 0.556. The van der Waals surface area contributed by atoms with Crippen LogP contribution < -0.4 is 5.32 Å². The van der Waals surface area contributed by atoms with E-state index in [0.29, 0.717) is 24.5 Å². The standard InChI is InChI=1S/C18H24ClN3O2/c1-21(2)8-9-22-12-13(10-16(22)23)17(24)20-18(6-7-18)14-4-3-5-15(19)11-14/h3-5,11,13H,6-10,12H2,1-2H3,(H,20,24)/t13-/m0/s1. The Hall–Kier alpha value is -1.59. The molecule has 0 radical (unpaired) electrons. The molecule has 1 N–H and O–H groups in total. The lowest BCUT2D eigenvalue weighted by Gasteiger charge is -2.22. The summed E-state index contributed by atoms with van der Waals surface area (Å²) in [5.74, 6) is -0.200. The van der Waals surface area contributed by atoms with Crippen LogP contribution in [0.3, 0.4) is 0 Å². The summed E-state index contributed by atoms with van der Waals surface area (Å²) in [4.78, 5) is 28.6. The van der Waals surface area contributed by atoms with E-state index in [1.807, 2.05) is 43.3 Å². The van der Waals surface area contributed by atoms with Crippen molar-refractivity contribution in [2.75, 3.05) is 33.7 Å². The third-order valence-corrected chi connectivity index (χ3v) is 5.13. The van der Waals surface area contributed by atoms with Gasteiger partial charge in [-0.3, -0.25) is 9.59 Å². The maximum atomic E-state index is 12.7. The molecule has 1 aliphatic carbocycles. The fourth-order valence-corrected chi connectivity index (χ4v) is 3.41. The molecule has 1 aliphatic heterocycles. The summed E-state index contributed by atoms with van der Waals surface area (Å²) >= 11 is 6.07. The molecule has 2 aliphatic rings. The zero-order valence-corrected chi connectivity index (χ0v) is 15.0. The summed E-state index contributed by atoms with van der Waals surface area (Å²) in [6, 6.07) is 7.66. The minimum Gasteiger partial charge on any atom is -0.346 e. The number of hydrogen-bond acceptors (Lipinski definition) is 3. The summed E-state index contributed by atoms with van der Waals surface area (Å²) in [5, 5.41) is 3.85. The molecule has 0 aromatic heterocycles. The van der Waals surface area contributed by atoms with Crippen molar-refractivity contribution in [1.29, 1.82) is 0 Å². The van der Waals surface area contributed by atoms with Crippen LogP contribution in [0.2, 0.25) is 5.02 Å². The molecule has 1 atom stereocenters. The molecule has 5 nitrogen and oxygen atoms in total. The molecule has 3 rings (SSSR count). The van der Waals surface area contributed by atoms with Crippen LogP contribution in [-0.4, -0.2) is 55.3 Å². The Kier molecular flexibility index (Phi) is 4.83. The van der Waals surface area contributed by atoms with E-state index in [4.69, 9.17) is 11.6 Å². The lowest BCUT2D eigenvalue weighted by Crippen LogP contribution is -2.40. The number of carbonyl (C=O) groups excluding carboxylic acids is 2. The van der Waals surface area contributed by atoms with E-state index < -0.39 is 0 Å². The molecule has 0 unspecified atom stereocenters. The quantitative estimate of drug-likeness (QED) is 0.852. The highest BCUT2D eigenvalue weighted by Crippen LogP contribution is 2.46. The van der Waals surface area contributed by atoms with E-state index in [0.717, 1.165) is 24.9 Å². The second-order valence-corrected chi connectivity index (χ2v) is 7.56. The van der Waals surface area contributed by atoms with E-state index in [1.54, 1.807) is 4.90 Å². The smallest absolute Gasteiger partial charge is 0.226 e. The van der Waals surface area contributed by atoms with Gasteiger partial charge in [0.2, 0.25) is 11.8 Å². The summed E-state index contributed by atoms with van der Waals surface area (Å²) in [7, 11) is 3.96. The number of carbonyl (C=O) groups is 2. The number of benzene rings is 1. The minimum atomic E-state index is -0.290. The maximum absolute atomic E-state index is 12.7. The average molecular weight is 350 g/mol. The normalized spacial score (nSPS) is 22.1. The first-order valence-electron chi connectivity index (χ1n) is 8.40. The Bertz CT molecular complexity index is 643. The SMILES string of the molecule is CN(C)CCN1C[C@@H](C(=O)NC2(c3cccc(Cl)c3)CC2)CC1=O. The van der Waals surface area contributed by atoms with Crippen molar-refractivity contribution in [3.63, 3.8) is 0 Å². The molecular formula is C18H24ClN3O2. The Morgan fingerprint density at radius 3 is 2.79 bits per heavy atom. The highest BCUT2D eigenvalue weighted by molar-refractivity contribution is 6.30. The Labute approximate surface area is 147 Å². The van der Waals surface area contributed by atoms with Crippen molar-refractivity contribution >= 4 is 23.4 Å². The van der Waals surface area contributed by atoms with Crippen LogP contribution in [0.5, 0.6) is 0 Å². The van der Waals surface area contributed by atoms with E-state index in [2.05, 4.69) is 5.32 Å². The van der Waals surface area contributed by atoms with Crippen LogP contribution in [0.15, 0.2) is 24.3 Å². The minimum absolute atomic E-state index is 0.0202. The van der Waals surface area contributed by atoms with Gasteiger partial charge in [0.1, 0.15) is 0 Å². The van der Waals surface area contributed by atoms with Crippen LogP contribution >= 0.6 is 11.6 Å². The molecular weight excluding hydrogens is 326 g/mol. The van der Waals surface area contributed by atoms with Crippen molar-refractivity contribution < 1.29 is 9.59 Å². The predicted octanol–water partition coefficient (Wildman–Crippen LogP) is 1.86. The number of halogens is 1. The molecule has 2 amide bonds. The van der Waals surface area contributed by atoms with Gasteiger partial charge >= 0.3 is 0 Å². The topological polar surface area (TPSA) is 52.6 Å². The van der Waals surface area contributed by atoms with Crippen LogP contribution in [0.1, 0.15) is 24.8 Å². The van der Waals surface area contributed by atoms with Gasteiger partial charge in [-0.2, -0.15) is 0 Å². The van der Waals surface area contributed by atoms with Gasteiger partial charge < -0.3 is 15.1 Å². The first kappa shape index (κ1) is 17.2. The summed E-state index contributed by atoms with van der Waals surface area (Å²) < 4.78 is 0. The van der Waals surface area contributed by atoms with Gasteiger partial charge in [0.15, 0.2) is 0 Å². The summed E-state index contributed by atoms with van der Waals surface area (Å²) in [6.07, 6.45) is 2.15. The van der Waals surface area contributed by atoms with E-state index in [1.165, 1.54) is 0 Å². The number of rotatable bonds is 6. The molecule has 1 heterocycles. The zero-order chi connectivity index (χ0) is 17.3. The fourth-order valence-electron chi connectivity index (χ4n) is 3.22. The van der Waals surface area contributed by atoms with Gasteiger partial charge in [-0.25, -0.2) is 0 Å². The van der Waals surface area contributed by atoms with Gasteiger partial charge in [-0.05, 0) is 44.6 Å². The van der Waals surface area contributed by atoms with Gasteiger partial charge in [0, 0.05) is 31.1 Å². The number of likely N-dealkylation sites (tertiary alicyclic amines) is 1. The van der Waals surface area contributed by atoms with Crippen molar-refractivity contribution in [3.05, 3.63) is 34.9 Å².